The van der Waals surface area contributed by atoms with Gasteiger partial charge in [0, 0.05) is 12.4 Å². The van der Waals surface area contributed by atoms with Gasteiger partial charge < -0.3 is 4.74 Å². The summed E-state index contributed by atoms with van der Waals surface area (Å²) >= 11 is 0. The Hall–Kier alpha value is -1.83. The van der Waals surface area contributed by atoms with Crippen LogP contribution >= 0.6 is 0 Å². The number of rotatable bonds is 5. The monoisotopic (exact) mass is 227 g/mol. The molecule has 1 aromatic carbocycles. The van der Waals surface area contributed by atoms with Crippen molar-refractivity contribution in [1.29, 1.82) is 0 Å². The van der Waals surface area contributed by atoms with Crippen molar-refractivity contribution in [2.45, 2.75) is 19.8 Å². The van der Waals surface area contributed by atoms with E-state index in [2.05, 4.69) is 24.0 Å². The van der Waals surface area contributed by atoms with Gasteiger partial charge in [-0.2, -0.15) is 0 Å². The first-order valence-electron chi connectivity index (χ1n) is 5.93. The molecule has 0 aliphatic carbocycles. The number of ether oxygens (including phenoxy) is 1. The Morgan fingerprint density at radius 2 is 1.71 bits per heavy atom. The van der Waals surface area contributed by atoms with Crippen molar-refractivity contribution >= 4 is 0 Å². The molecule has 0 fully saturated rings. The fourth-order valence-corrected chi connectivity index (χ4v) is 1.65. The molecule has 0 spiro atoms. The van der Waals surface area contributed by atoms with Crippen LogP contribution in [0.4, 0.5) is 0 Å². The topological polar surface area (TPSA) is 22.1 Å². The lowest BCUT2D eigenvalue weighted by atomic mass is 10.1. The summed E-state index contributed by atoms with van der Waals surface area (Å²) in [5.41, 5.74) is 2.57. The minimum Gasteiger partial charge on any atom is -0.494 e. The average Bonchev–Trinajstić information content (AvgIpc) is 2.38. The average molecular weight is 227 g/mol. The van der Waals surface area contributed by atoms with E-state index in [9.17, 15) is 0 Å². The van der Waals surface area contributed by atoms with Crippen molar-refractivity contribution < 1.29 is 4.74 Å². The summed E-state index contributed by atoms with van der Waals surface area (Å²) in [5, 5.41) is 0. The van der Waals surface area contributed by atoms with Gasteiger partial charge in [0.1, 0.15) is 5.75 Å². The van der Waals surface area contributed by atoms with Crippen LogP contribution in [0, 0.1) is 6.92 Å². The Kier molecular flexibility index (Phi) is 4.14. The largest absolute Gasteiger partial charge is 0.494 e. The minimum absolute atomic E-state index is 0.755. The number of aromatic nitrogens is 1. The van der Waals surface area contributed by atoms with E-state index >= 15 is 0 Å². The Balaban J connectivity index is 1.71. The van der Waals surface area contributed by atoms with Gasteiger partial charge in [0.05, 0.1) is 6.61 Å². The van der Waals surface area contributed by atoms with E-state index in [-0.39, 0.29) is 0 Å². The third-order valence-corrected chi connectivity index (χ3v) is 2.65. The minimum atomic E-state index is 0.755. The summed E-state index contributed by atoms with van der Waals surface area (Å²) in [4.78, 5) is 4.00. The Morgan fingerprint density at radius 1 is 1.00 bits per heavy atom. The highest BCUT2D eigenvalue weighted by atomic mass is 16.5. The molecule has 1 heterocycles. The lowest BCUT2D eigenvalue weighted by molar-refractivity contribution is 0.311. The summed E-state index contributed by atoms with van der Waals surface area (Å²) in [6.07, 6.45) is 5.72. The number of aryl methyl sites for hydroxylation is 2. The Labute approximate surface area is 102 Å². The van der Waals surface area contributed by atoms with E-state index in [4.69, 9.17) is 4.74 Å². The van der Waals surface area contributed by atoms with Gasteiger partial charge in [-0.05, 0) is 49.6 Å². The van der Waals surface area contributed by atoms with Gasteiger partial charge in [0.15, 0.2) is 0 Å². The van der Waals surface area contributed by atoms with Gasteiger partial charge in [0.25, 0.3) is 0 Å². The number of benzene rings is 1. The molecule has 0 aliphatic heterocycles. The van der Waals surface area contributed by atoms with E-state index in [1.165, 1.54) is 11.1 Å². The number of hydrogen-bond acceptors (Lipinski definition) is 2. The van der Waals surface area contributed by atoms with Crippen molar-refractivity contribution in [3.63, 3.8) is 0 Å². The molecule has 0 aliphatic rings. The Bertz CT molecular complexity index is 436. The van der Waals surface area contributed by atoms with Gasteiger partial charge in [0.2, 0.25) is 0 Å². The van der Waals surface area contributed by atoms with Crippen LogP contribution in [0.1, 0.15) is 17.5 Å². The van der Waals surface area contributed by atoms with Crippen LogP contribution in [0.15, 0.2) is 48.8 Å². The first-order chi connectivity index (χ1) is 8.34. The maximum absolute atomic E-state index is 5.67. The first kappa shape index (κ1) is 11.6. The standard InChI is InChI=1S/C15H17NO/c1-13-4-6-15(7-5-13)17-12-2-3-14-8-10-16-11-9-14/h4-11H,2-3,12H2,1H3. The van der Waals surface area contributed by atoms with Gasteiger partial charge in [-0.1, -0.05) is 17.7 Å². The van der Waals surface area contributed by atoms with Gasteiger partial charge >= 0.3 is 0 Å². The van der Waals surface area contributed by atoms with Crippen molar-refractivity contribution in [2.75, 3.05) is 6.61 Å². The molecular formula is C15H17NO. The van der Waals surface area contributed by atoms with E-state index in [0.29, 0.717) is 0 Å². The molecule has 2 rings (SSSR count). The lowest BCUT2D eigenvalue weighted by Gasteiger charge is -2.06. The number of nitrogens with zero attached hydrogens (tertiary/aromatic N) is 1. The molecule has 0 amide bonds. The zero-order chi connectivity index (χ0) is 11.9. The van der Waals surface area contributed by atoms with Crippen molar-refractivity contribution in [2.24, 2.45) is 0 Å². The molecule has 0 N–H and O–H groups in total. The molecule has 0 saturated carbocycles. The molecule has 0 saturated heterocycles. The first-order valence-corrected chi connectivity index (χ1v) is 5.93. The van der Waals surface area contributed by atoms with Crippen molar-refractivity contribution in [3.8, 4) is 5.75 Å². The van der Waals surface area contributed by atoms with Crippen molar-refractivity contribution in [3.05, 3.63) is 59.9 Å². The maximum Gasteiger partial charge on any atom is 0.119 e. The maximum atomic E-state index is 5.67. The second-order valence-electron chi connectivity index (χ2n) is 4.12. The van der Waals surface area contributed by atoms with Gasteiger partial charge in [-0.25, -0.2) is 0 Å². The highest BCUT2D eigenvalue weighted by molar-refractivity contribution is 5.26. The molecular weight excluding hydrogens is 210 g/mol. The predicted octanol–water partition coefficient (Wildman–Crippen LogP) is 3.40. The molecule has 0 unspecified atom stereocenters. The lowest BCUT2D eigenvalue weighted by Crippen LogP contribution is -1.99. The zero-order valence-electron chi connectivity index (χ0n) is 10.1. The second-order valence-corrected chi connectivity index (χ2v) is 4.12. The summed E-state index contributed by atoms with van der Waals surface area (Å²) in [7, 11) is 0. The number of pyridine rings is 1. The van der Waals surface area contributed by atoms with E-state index in [1.807, 2.05) is 36.7 Å². The SMILES string of the molecule is Cc1ccc(OCCCc2ccncc2)cc1. The zero-order valence-corrected chi connectivity index (χ0v) is 10.1. The molecule has 2 heteroatoms. The fraction of sp³-hybridized carbons (Fsp3) is 0.267. The highest BCUT2D eigenvalue weighted by Crippen LogP contribution is 2.12. The molecule has 0 atom stereocenters. The van der Waals surface area contributed by atoms with E-state index in [0.717, 1.165) is 25.2 Å². The smallest absolute Gasteiger partial charge is 0.119 e. The molecule has 1 aromatic heterocycles. The second kappa shape index (κ2) is 6.04. The van der Waals surface area contributed by atoms with Crippen molar-refractivity contribution in [1.82, 2.24) is 4.98 Å². The summed E-state index contributed by atoms with van der Waals surface area (Å²) in [6.45, 7) is 2.83. The van der Waals surface area contributed by atoms with Crippen LogP contribution in [-0.4, -0.2) is 11.6 Å². The normalized spacial score (nSPS) is 10.2. The molecule has 0 radical (unpaired) electrons. The number of hydrogen-bond donors (Lipinski definition) is 0. The molecule has 2 nitrogen and oxygen atoms in total. The Morgan fingerprint density at radius 3 is 2.41 bits per heavy atom. The summed E-state index contributed by atoms with van der Waals surface area (Å²) in [6, 6.07) is 12.3. The fourth-order valence-electron chi connectivity index (χ4n) is 1.65. The van der Waals surface area contributed by atoms with Gasteiger partial charge in [-0.15, -0.1) is 0 Å². The van der Waals surface area contributed by atoms with E-state index in [1.54, 1.807) is 0 Å². The molecule has 17 heavy (non-hydrogen) atoms. The molecule has 88 valence electrons. The van der Waals surface area contributed by atoms with Crippen LogP contribution in [0.25, 0.3) is 0 Å². The van der Waals surface area contributed by atoms with Crippen LogP contribution in [0.5, 0.6) is 5.75 Å². The summed E-state index contributed by atoms with van der Waals surface area (Å²) in [5.74, 6) is 0.949. The molecule has 2 aromatic rings. The van der Waals surface area contributed by atoms with Gasteiger partial charge in [-0.3, -0.25) is 4.98 Å². The predicted molar refractivity (Wildman–Crippen MR) is 69.2 cm³/mol. The molecule has 0 bridgehead atoms. The van der Waals surface area contributed by atoms with E-state index < -0.39 is 0 Å². The third kappa shape index (κ3) is 3.91. The van der Waals surface area contributed by atoms with Crippen LogP contribution < -0.4 is 4.74 Å². The highest BCUT2D eigenvalue weighted by Gasteiger charge is 1.95. The quantitative estimate of drug-likeness (QED) is 0.730. The third-order valence-electron chi connectivity index (χ3n) is 2.65. The van der Waals surface area contributed by atoms with Crippen LogP contribution in [0.3, 0.4) is 0 Å². The summed E-state index contributed by atoms with van der Waals surface area (Å²) < 4.78 is 5.67. The van der Waals surface area contributed by atoms with Crippen LogP contribution in [0.2, 0.25) is 0 Å². The van der Waals surface area contributed by atoms with Crippen LogP contribution in [-0.2, 0) is 6.42 Å².